The molecule has 106 valence electrons. The number of halogens is 3. The molecule has 7 heteroatoms. The fourth-order valence-electron chi connectivity index (χ4n) is 1.60. The number of amides is 1. The predicted molar refractivity (Wildman–Crippen MR) is 67.5 cm³/mol. The molecule has 1 amide bonds. The Morgan fingerprint density at radius 3 is 2.45 bits per heavy atom. The molecule has 0 radical (unpaired) electrons. The van der Waals surface area contributed by atoms with E-state index in [1.54, 1.807) is 17.2 Å². The number of carbonyl (C=O) groups excluding carboxylic acids is 1. The molecular formula is C13H12F3N3O. The van der Waals surface area contributed by atoms with Gasteiger partial charge in [-0.1, -0.05) is 6.07 Å². The van der Waals surface area contributed by atoms with Crippen LogP contribution in [0.25, 0.3) is 0 Å². The molecule has 4 nitrogen and oxygen atoms in total. The van der Waals surface area contributed by atoms with Crippen LogP contribution in [0.3, 0.4) is 0 Å². The molecule has 0 unspecified atom stereocenters. The molecule has 2 aromatic rings. The van der Waals surface area contributed by atoms with Gasteiger partial charge >= 0.3 is 6.18 Å². The van der Waals surface area contributed by atoms with Gasteiger partial charge in [-0.2, -0.15) is 18.3 Å². The van der Waals surface area contributed by atoms with Crippen molar-refractivity contribution in [2.24, 2.45) is 0 Å². The second-order valence-electron chi connectivity index (χ2n) is 4.42. The number of aryl methyl sites for hydroxylation is 2. The Morgan fingerprint density at radius 1 is 1.20 bits per heavy atom. The second kappa shape index (κ2) is 4.99. The van der Waals surface area contributed by atoms with Crippen LogP contribution in [0, 0.1) is 13.8 Å². The summed E-state index contributed by atoms with van der Waals surface area (Å²) in [5.74, 6) is -0.694. The topological polar surface area (TPSA) is 57.8 Å². The summed E-state index contributed by atoms with van der Waals surface area (Å²) in [5.41, 5.74) is 1.18. The Bertz CT molecular complexity index is 647. The number of alkyl halides is 3. The third-order valence-electron chi connectivity index (χ3n) is 2.88. The molecular weight excluding hydrogens is 271 g/mol. The van der Waals surface area contributed by atoms with Gasteiger partial charge in [0.15, 0.2) is 5.69 Å². The summed E-state index contributed by atoms with van der Waals surface area (Å²) in [4.78, 5) is 11.8. The number of nitrogens with zero attached hydrogens (tertiary/aromatic N) is 1. The van der Waals surface area contributed by atoms with E-state index < -0.39 is 17.8 Å². The van der Waals surface area contributed by atoms with E-state index in [1.807, 2.05) is 19.9 Å². The fourth-order valence-corrected chi connectivity index (χ4v) is 1.60. The normalized spacial score (nSPS) is 11.4. The molecule has 1 heterocycles. The number of anilines is 1. The molecule has 20 heavy (non-hydrogen) atoms. The Morgan fingerprint density at radius 2 is 1.90 bits per heavy atom. The highest BCUT2D eigenvalue weighted by Crippen LogP contribution is 2.27. The molecule has 0 aliphatic heterocycles. The summed E-state index contributed by atoms with van der Waals surface area (Å²) >= 11 is 0. The van der Waals surface area contributed by atoms with Gasteiger partial charge in [-0.05, 0) is 37.1 Å². The van der Waals surface area contributed by atoms with Gasteiger partial charge in [0.25, 0.3) is 5.91 Å². The lowest BCUT2D eigenvalue weighted by Gasteiger charge is -2.06. The average Bonchev–Trinajstić information content (AvgIpc) is 2.83. The van der Waals surface area contributed by atoms with E-state index in [1.165, 1.54) is 0 Å². The highest BCUT2D eigenvalue weighted by molar-refractivity contribution is 6.02. The summed E-state index contributed by atoms with van der Waals surface area (Å²) in [6.45, 7) is 3.80. The number of aromatic amines is 1. The number of benzene rings is 1. The number of hydrogen-bond acceptors (Lipinski definition) is 2. The second-order valence-corrected chi connectivity index (χ2v) is 4.42. The van der Waals surface area contributed by atoms with Crippen LogP contribution in [-0.4, -0.2) is 16.1 Å². The zero-order valence-corrected chi connectivity index (χ0v) is 10.8. The van der Waals surface area contributed by atoms with E-state index in [-0.39, 0.29) is 5.69 Å². The van der Waals surface area contributed by atoms with E-state index in [0.717, 1.165) is 11.1 Å². The van der Waals surface area contributed by atoms with Crippen molar-refractivity contribution in [3.8, 4) is 0 Å². The molecule has 0 saturated carbocycles. The van der Waals surface area contributed by atoms with Crippen LogP contribution in [0.1, 0.15) is 27.3 Å². The molecule has 0 bridgehead atoms. The number of hydrogen-bond donors (Lipinski definition) is 2. The van der Waals surface area contributed by atoms with Crippen molar-refractivity contribution in [3.63, 3.8) is 0 Å². The summed E-state index contributed by atoms with van der Waals surface area (Å²) in [5, 5.41) is 7.66. The van der Waals surface area contributed by atoms with E-state index in [2.05, 4.69) is 10.4 Å². The minimum atomic E-state index is -4.55. The maximum atomic E-state index is 12.4. The zero-order chi connectivity index (χ0) is 14.9. The van der Waals surface area contributed by atoms with Crippen LogP contribution >= 0.6 is 0 Å². The molecule has 1 aromatic heterocycles. The summed E-state index contributed by atoms with van der Waals surface area (Å²) in [6, 6.07) is 5.91. The number of aromatic nitrogens is 2. The lowest BCUT2D eigenvalue weighted by atomic mass is 10.1. The summed E-state index contributed by atoms with van der Waals surface area (Å²) in [7, 11) is 0. The van der Waals surface area contributed by atoms with Gasteiger partial charge in [-0.3, -0.25) is 9.89 Å². The van der Waals surface area contributed by atoms with Crippen molar-refractivity contribution in [1.82, 2.24) is 10.2 Å². The SMILES string of the molecule is Cc1ccc(NC(=O)c2cc(C(F)(F)F)[nH]n2)cc1C. The maximum absolute atomic E-state index is 12.4. The van der Waals surface area contributed by atoms with E-state index in [9.17, 15) is 18.0 Å². The van der Waals surface area contributed by atoms with Gasteiger partial charge in [0.05, 0.1) is 0 Å². The van der Waals surface area contributed by atoms with Crippen molar-refractivity contribution < 1.29 is 18.0 Å². The highest BCUT2D eigenvalue weighted by atomic mass is 19.4. The van der Waals surface area contributed by atoms with E-state index in [0.29, 0.717) is 11.8 Å². The molecule has 0 aliphatic rings. The van der Waals surface area contributed by atoms with Gasteiger partial charge < -0.3 is 5.32 Å². The Kier molecular flexibility index (Phi) is 3.52. The average molecular weight is 283 g/mol. The first kappa shape index (κ1) is 14.1. The van der Waals surface area contributed by atoms with Crippen LogP contribution in [0.15, 0.2) is 24.3 Å². The summed E-state index contributed by atoms with van der Waals surface area (Å²) < 4.78 is 37.2. The van der Waals surface area contributed by atoms with Crippen molar-refractivity contribution in [3.05, 3.63) is 46.8 Å². The highest BCUT2D eigenvalue weighted by Gasteiger charge is 2.33. The molecule has 0 aliphatic carbocycles. The largest absolute Gasteiger partial charge is 0.432 e. The van der Waals surface area contributed by atoms with Crippen LogP contribution in [0.2, 0.25) is 0 Å². The van der Waals surface area contributed by atoms with E-state index >= 15 is 0 Å². The first-order chi connectivity index (χ1) is 9.27. The van der Waals surface area contributed by atoms with Crippen LogP contribution in [0.4, 0.5) is 18.9 Å². The number of rotatable bonds is 2. The van der Waals surface area contributed by atoms with Crippen LogP contribution in [-0.2, 0) is 6.18 Å². The van der Waals surface area contributed by atoms with E-state index in [4.69, 9.17) is 0 Å². The Labute approximate surface area is 113 Å². The van der Waals surface area contributed by atoms with Crippen molar-refractivity contribution >= 4 is 11.6 Å². The monoisotopic (exact) mass is 283 g/mol. The summed E-state index contributed by atoms with van der Waals surface area (Å²) in [6.07, 6.45) is -4.55. The van der Waals surface area contributed by atoms with Gasteiger partial charge in [0, 0.05) is 11.8 Å². The Hall–Kier alpha value is -2.31. The molecule has 0 spiro atoms. The van der Waals surface area contributed by atoms with Crippen molar-refractivity contribution in [1.29, 1.82) is 0 Å². The Balaban J connectivity index is 2.16. The van der Waals surface area contributed by atoms with Gasteiger partial charge in [-0.15, -0.1) is 0 Å². The molecule has 2 N–H and O–H groups in total. The molecule has 1 aromatic carbocycles. The first-order valence-electron chi connectivity index (χ1n) is 5.78. The fraction of sp³-hybridized carbons (Fsp3) is 0.231. The third-order valence-corrected chi connectivity index (χ3v) is 2.88. The zero-order valence-electron chi connectivity index (χ0n) is 10.8. The van der Waals surface area contributed by atoms with Gasteiger partial charge in [0.1, 0.15) is 5.69 Å². The van der Waals surface area contributed by atoms with Crippen molar-refractivity contribution in [2.45, 2.75) is 20.0 Å². The standard InChI is InChI=1S/C13H12F3N3O/c1-7-3-4-9(5-8(7)2)17-12(20)10-6-11(19-18-10)13(14,15)16/h3-6H,1-2H3,(H,17,20)(H,18,19). The third kappa shape index (κ3) is 2.98. The quantitative estimate of drug-likeness (QED) is 0.888. The predicted octanol–water partition coefficient (Wildman–Crippen LogP) is 3.30. The minimum absolute atomic E-state index is 0.310. The van der Waals surface area contributed by atoms with Gasteiger partial charge in [0.2, 0.25) is 0 Å². The van der Waals surface area contributed by atoms with Crippen LogP contribution < -0.4 is 5.32 Å². The van der Waals surface area contributed by atoms with Crippen LogP contribution in [0.5, 0.6) is 0 Å². The molecule has 0 saturated heterocycles. The number of nitrogens with one attached hydrogen (secondary N) is 2. The van der Waals surface area contributed by atoms with Crippen molar-refractivity contribution in [2.75, 3.05) is 5.32 Å². The minimum Gasteiger partial charge on any atom is -0.321 e. The molecule has 0 atom stereocenters. The molecule has 0 fully saturated rings. The van der Waals surface area contributed by atoms with Gasteiger partial charge in [-0.25, -0.2) is 0 Å². The number of carbonyl (C=O) groups is 1. The maximum Gasteiger partial charge on any atom is 0.432 e. The molecule has 2 rings (SSSR count). The lowest BCUT2D eigenvalue weighted by Crippen LogP contribution is -2.12. The first-order valence-corrected chi connectivity index (χ1v) is 5.78. The smallest absolute Gasteiger partial charge is 0.321 e. The number of H-pyrrole nitrogens is 1. The lowest BCUT2D eigenvalue weighted by molar-refractivity contribution is -0.141.